The van der Waals surface area contributed by atoms with Crippen LogP contribution < -0.4 is 5.73 Å². The molecule has 0 bridgehead atoms. The molecule has 0 aromatic heterocycles. The molecule has 0 aliphatic heterocycles. The number of carbonyl (C=O) groups is 1. The molecule has 0 aromatic carbocycles. The highest BCUT2D eigenvalue weighted by atomic mass is 16.9. The van der Waals surface area contributed by atoms with Crippen molar-refractivity contribution in [3.63, 3.8) is 0 Å². The van der Waals surface area contributed by atoms with Crippen LogP contribution in [0.4, 0.5) is 0 Å². The SMILES string of the molecule is CC(C)(CO[N+](=O)[O-])C(N)=O. The number of rotatable bonds is 4. The number of primary amides is 1. The third kappa shape index (κ3) is 3.39. The summed E-state index contributed by atoms with van der Waals surface area (Å²) >= 11 is 0. The van der Waals surface area contributed by atoms with E-state index in [-0.39, 0.29) is 6.61 Å². The average Bonchev–Trinajstić information content (AvgIpc) is 1.84. The predicted octanol–water partition coefficient (Wildman–Crippen LogP) is -0.294. The average molecular weight is 162 g/mol. The summed E-state index contributed by atoms with van der Waals surface area (Å²) in [6, 6.07) is 0. The molecule has 0 saturated carbocycles. The van der Waals surface area contributed by atoms with Crippen molar-refractivity contribution in [3.8, 4) is 0 Å². The lowest BCUT2D eigenvalue weighted by Crippen LogP contribution is -2.36. The number of carbonyl (C=O) groups excluding carboxylic acids is 1. The van der Waals surface area contributed by atoms with Gasteiger partial charge in [-0.05, 0) is 13.8 Å². The molecule has 11 heavy (non-hydrogen) atoms. The lowest BCUT2D eigenvalue weighted by atomic mass is 9.94. The fourth-order valence-electron chi connectivity index (χ4n) is 0.285. The summed E-state index contributed by atoms with van der Waals surface area (Å²) in [5, 5.41) is 8.75. The van der Waals surface area contributed by atoms with Crippen molar-refractivity contribution in [2.75, 3.05) is 6.61 Å². The molecular weight excluding hydrogens is 152 g/mol. The van der Waals surface area contributed by atoms with Crippen LogP contribution in [0.1, 0.15) is 13.8 Å². The van der Waals surface area contributed by atoms with E-state index in [0.717, 1.165) is 0 Å². The molecule has 6 heteroatoms. The smallest absolute Gasteiger partial charge is 0.294 e. The lowest BCUT2D eigenvalue weighted by Gasteiger charge is -2.17. The lowest BCUT2D eigenvalue weighted by molar-refractivity contribution is -0.760. The van der Waals surface area contributed by atoms with Crippen molar-refractivity contribution >= 4 is 5.91 Å². The van der Waals surface area contributed by atoms with Gasteiger partial charge in [-0.15, -0.1) is 10.1 Å². The third-order valence-electron chi connectivity index (χ3n) is 1.20. The zero-order valence-electron chi connectivity index (χ0n) is 6.36. The number of nitrogens with two attached hydrogens (primary N) is 1. The van der Waals surface area contributed by atoms with E-state index in [0.29, 0.717) is 0 Å². The maximum atomic E-state index is 10.6. The Bertz CT molecular complexity index is 177. The predicted molar refractivity (Wildman–Crippen MR) is 35.9 cm³/mol. The largest absolute Gasteiger partial charge is 0.369 e. The quantitative estimate of drug-likeness (QED) is 0.453. The van der Waals surface area contributed by atoms with Gasteiger partial charge < -0.3 is 10.6 Å². The first-order chi connectivity index (χ1) is 4.86. The first-order valence-corrected chi connectivity index (χ1v) is 2.93. The summed E-state index contributed by atoms with van der Waals surface area (Å²) in [6.07, 6.45) is 0. The second-order valence-electron chi connectivity index (χ2n) is 2.75. The van der Waals surface area contributed by atoms with E-state index in [4.69, 9.17) is 5.73 Å². The van der Waals surface area contributed by atoms with Gasteiger partial charge in [-0.2, -0.15) is 0 Å². The molecule has 0 spiro atoms. The van der Waals surface area contributed by atoms with Crippen molar-refractivity contribution in [2.45, 2.75) is 13.8 Å². The van der Waals surface area contributed by atoms with Crippen LogP contribution in [-0.4, -0.2) is 17.6 Å². The fourth-order valence-corrected chi connectivity index (χ4v) is 0.285. The van der Waals surface area contributed by atoms with Crippen LogP contribution in [0.5, 0.6) is 0 Å². The van der Waals surface area contributed by atoms with E-state index in [9.17, 15) is 14.9 Å². The topological polar surface area (TPSA) is 95.5 Å². The van der Waals surface area contributed by atoms with Gasteiger partial charge in [-0.25, -0.2) is 0 Å². The van der Waals surface area contributed by atoms with Gasteiger partial charge in [0.25, 0.3) is 5.09 Å². The summed E-state index contributed by atoms with van der Waals surface area (Å²) in [5.74, 6) is -0.626. The Morgan fingerprint density at radius 2 is 2.18 bits per heavy atom. The summed E-state index contributed by atoms with van der Waals surface area (Å²) in [7, 11) is 0. The van der Waals surface area contributed by atoms with Crippen molar-refractivity contribution in [1.29, 1.82) is 0 Å². The minimum atomic E-state index is -0.993. The molecule has 2 N–H and O–H groups in total. The molecule has 1 amide bonds. The van der Waals surface area contributed by atoms with Gasteiger partial charge in [0.1, 0.15) is 6.61 Å². The van der Waals surface area contributed by atoms with Crippen LogP contribution in [0.2, 0.25) is 0 Å². The zero-order valence-corrected chi connectivity index (χ0v) is 6.36. The first-order valence-electron chi connectivity index (χ1n) is 2.93. The normalized spacial score (nSPS) is 10.7. The van der Waals surface area contributed by atoms with E-state index >= 15 is 0 Å². The van der Waals surface area contributed by atoms with Gasteiger partial charge in [0, 0.05) is 0 Å². The second kappa shape index (κ2) is 3.18. The van der Waals surface area contributed by atoms with E-state index < -0.39 is 16.4 Å². The number of hydrogen-bond donors (Lipinski definition) is 1. The summed E-state index contributed by atoms with van der Waals surface area (Å²) in [6.45, 7) is 2.63. The van der Waals surface area contributed by atoms with Gasteiger partial charge in [0.2, 0.25) is 5.91 Å². The van der Waals surface area contributed by atoms with Gasteiger partial charge in [0.15, 0.2) is 0 Å². The molecule has 0 aromatic rings. The van der Waals surface area contributed by atoms with Crippen LogP contribution in [0.15, 0.2) is 0 Å². The molecule has 0 aliphatic carbocycles. The molecule has 0 saturated heterocycles. The highest BCUT2D eigenvalue weighted by Gasteiger charge is 2.26. The molecule has 0 fully saturated rings. The summed E-state index contributed by atoms with van der Waals surface area (Å²) in [4.78, 5) is 24.2. The molecule has 0 aliphatic rings. The van der Waals surface area contributed by atoms with Crippen LogP contribution in [0.3, 0.4) is 0 Å². The molecular formula is C5H10N2O4. The molecule has 0 radical (unpaired) electrons. The van der Waals surface area contributed by atoms with Crippen LogP contribution >= 0.6 is 0 Å². The number of amides is 1. The second-order valence-corrected chi connectivity index (χ2v) is 2.75. The summed E-state index contributed by atoms with van der Waals surface area (Å²) < 4.78 is 0. The van der Waals surface area contributed by atoms with E-state index in [1.807, 2.05) is 0 Å². The fraction of sp³-hybridized carbons (Fsp3) is 0.800. The van der Waals surface area contributed by atoms with Gasteiger partial charge in [-0.3, -0.25) is 4.79 Å². The Morgan fingerprint density at radius 1 is 1.73 bits per heavy atom. The maximum absolute atomic E-state index is 10.6. The summed E-state index contributed by atoms with van der Waals surface area (Å²) in [5.41, 5.74) is 3.92. The third-order valence-corrected chi connectivity index (χ3v) is 1.20. The maximum Gasteiger partial charge on any atom is 0.294 e. The molecule has 0 rings (SSSR count). The van der Waals surface area contributed by atoms with Crippen LogP contribution in [0.25, 0.3) is 0 Å². The highest BCUT2D eigenvalue weighted by Crippen LogP contribution is 2.13. The molecule has 0 atom stereocenters. The van der Waals surface area contributed by atoms with Gasteiger partial charge in [0.05, 0.1) is 5.41 Å². The minimum Gasteiger partial charge on any atom is -0.369 e. The number of hydrogen-bond acceptors (Lipinski definition) is 4. The van der Waals surface area contributed by atoms with E-state index in [2.05, 4.69) is 4.84 Å². The zero-order chi connectivity index (χ0) is 9.07. The van der Waals surface area contributed by atoms with Gasteiger partial charge >= 0.3 is 0 Å². The Labute approximate surface area is 63.4 Å². The molecule has 0 heterocycles. The Hall–Kier alpha value is -1.33. The Morgan fingerprint density at radius 3 is 2.45 bits per heavy atom. The van der Waals surface area contributed by atoms with E-state index in [1.54, 1.807) is 0 Å². The first kappa shape index (κ1) is 9.67. The molecule has 6 nitrogen and oxygen atoms in total. The Balaban J connectivity index is 3.92. The van der Waals surface area contributed by atoms with Crippen molar-refractivity contribution in [3.05, 3.63) is 10.1 Å². The standard InChI is InChI=1S/C5H10N2O4/c1-5(2,4(6)8)3-11-7(9)10/h3H2,1-2H3,(H2,6,8). The highest BCUT2D eigenvalue weighted by molar-refractivity contribution is 5.79. The van der Waals surface area contributed by atoms with Crippen molar-refractivity contribution < 1.29 is 14.7 Å². The van der Waals surface area contributed by atoms with E-state index in [1.165, 1.54) is 13.8 Å². The monoisotopic (exact) mass is 162 g/mol. The minimum absolute atomic E-state index is 0.310. The molecule has 64 valence electrons. The molecule has 0 unspecified atom stereocenters. The van der Waals surface area contributed by atoms with Gasteiger partial charge in [-0.1, -0.05) is 0 Å². The van der Waals surface area contributed by atoms with Crippen LogP contribution in [-0.2, 0) is 9.63 Å². The van der Waals surface area contributed by atoms with Crippen molar-refractivity contribution in [2.24, 2.45) is 11.1 Å². The Kier molecular flexibility index (Phi) is 2.79. The van der Waals surface area contributed by atoms with Crippen LogP contribution in [0, 0.1) is 15.5 Å². The number of nitrogens with zero attached hydrogens (tertiary/aromatic N) is 1. The van der Waals surface area contributed by atoms with Crippen molar-refractivity contribution in [1.82, 2.24) is 0 Å².